The van der Waals surface area contributed by atoms with Gasteiger partial charge in [0.1, 0.15) is 5.75 Å². The van der Waals surface area contributed by atoms with Gasteiger partial charge in [-0.25, -0.2) is 0 Å². The molecule has 17 heavy (non-hydrogen) atoms. The smallest absolute Gasteiger partial charge is 0.253 e. The first kappa shape index (κ1) is 14.4. The molecule has 1 atom stereocenters. The molecule has 0 aliphatic carbocycles. The maximum absolute atomic E-state index is 11.7. The number of methoxy groups -OCH3 is 1. The molecule has 1 aromatic rings. The fourth-order valence-electron chi connectivity index (χ4n) is 1.05. The van der Waals surface area contributed by atoms with Crippen LogP contribution in [0.3, 0.4) is 0 Å². The summed E-state index contributed by atoms with van der Waals surface area (Å²) in [6.07, 6.45) is -1.59. The fraction of sp³-hybridized carbons (Fsp3) is 0.300. The van der Waals surface area contributed by atoms with E-state index < -0.39 is 15.9 Å². The van der Waals surface area contributed by atoms with E-state index in [0.717, 1.165) is 0 Å². The minimum atomic E-state index is -1.98. The maximum atomic E-state index is 11.7. The Morgan fingerprint density at radius 1 is 1.47 bits per heavy atom. The lowest BCUT2D eigenvalue weighted by atomic mass is 10.2. The van der Waals surface area contributed by atoms with Crippen LogP contribution >= 0.6 is 34.8 Å². The molecule has 0 fully saturated rings. The van der Waals surface area contributed by atoms with Crippen LogP contribution in [0.5, 0.6) is 5.75 Å². The van der Waals surface area contributed by atoms with Gasteiger partial charge in [0, 0.05) is 5.56 Å². The number of hydrogen-bond donors (Lipinski definition) is 2. The van der Waals surface area contributed by atoms with Crippen molar-refractivity contribution in [1.29, 1.82) is 0 Å². The van der Waals surface area contributed by atoms with Crippen LogP contribution in [-0.2, 0) is 0 Å². The van der Waals surface area contributed by atoms with Crippen LogP contribution in [0.2, 0.25) is 0 Å². The van der Waals surface area contributed by atoms with E-state index in [-0.39, 0.29) is 5.56 Å². The van der Waals surface area contributed by atoms with Crippen molar-refractivity contribution in [3.8, 4) is 5.75 Å². The molecular formula is C10H10Cl3NO3. The molecule has 4 nitrogen and oxygen atoms in total. The van der Waals surface area contributed by atoms with Crippen molar-refractivity contribution >= 4 is 40.7 Å². The number of aliphatic hydroxyl groups excluding tert-OH is 1. The number of aliphatic hydroxyl groups is 1. The molecule has 0 aliphatic rings. The van der Waals surface area contributed by atoms with E-state index in [0.29, 0.717) is 5.75 Å². The van der Waals surface area contributed by atoms with Crippen molar-refractivity contribution in [2.75, 3.05) is 7.11 Å². The molecule has 1 amide bonds. The number of rotatable bonds is 3. The Balaban J connectivity index is 2.76. The highest BCUT2D eigenvalue weighted by Crippen LogP contribution is 2.29. The lowest BCUT2D eigenvalue weighted by Crippen LogP contribution is -2.43. The number of carbonyl (C=O) groups excluding carboxylic acids is 1. The summed E-state index contributed by atoms with van der Waals surface area (Å²) in [5.74, 6) is -0.0521. The van der Waals surface area contributed by atoms with Crippen LogP contribution in [-0.4, -0.2) is 28.1 Å². The second-order valence-corrected chi connectivity index (χ2v) is 5.52. The third kappa shape index (κ3) is 4.24. The number of benzene rings is 1. The van der Waals surface area contributed by atoms with E-state index in [4.69, 9.17) is 39.5 Å². The Morgan fingerprint density at radius 3 is 2.65 bits per heavy atom. The number of amides is 1. The maximum Gasteiger partial charge on any atom is 0.253 e. The molecule has 0 spiro atoms. The van der Waals surface area contributed by atoms with Gasteiger partial charge in [0.15, 0.2) is 6.23 Å². The Hall–Kier alpha value is -0.680. The summed E-state index contributed by atoms with van der Waals surface area (Å²) in [7, 11) is 1.48. The molecule has 0 saturated carbocycles. The first-order valence-corrected chi connectivity index (χ1v) is 5.67. The van der Waals surface area contributed by atoms with Crippen molar-refractivity contribution in [2.45, 2.75) is 10.0 Å². The molecule has 7 heteroatoms. The van der Waals surface area contributed by atoms with Crippen molar-refractivity contribution in [1.82, 2.24) is 5.32 Å². The van der Waals surface area contributed by atoms with Crippen LogP contribution < -0.4 is 10.1 Å². The van der Waals surface area contributed by atoms with Crippen LogP contribution in [0.15, 0.2) is 24.3 Å². The average molecular weight is 299 g/mol. The van der Waals surface area contributed by atoms with E-state index in [1.807, 2.05) is 0 Å². The first-order chi connectivity index (χ1) is 7.84. The molecule has 0 radical (unpaired) electrons. The summed E-state index contributed by atoms with van der Waals surface area (Å²) < 4.78 is 2.98. The van der Waals surface area contributed by atoms with Crippen molar-refractivity contribution < 1.29 is 14.6 Å². The normalized spacial score (nSPS) is 13.0. The third-order valence-corrected chi connectivity index (χ3v) is 2.53. The molecule has 94 valence electrons. The van der Waals surface area contributed by atoms with Gasteiger partial charge < -0.3 is 15.2 Å². The van der Waals surface area contributed by atoms with Gasteiger partial charge in [-0.2, -0.15) is 0 Å². The topological polar surface area (TPSA) is 58.6 Å². The lowest BCUT2D eigenvalue weighted by Gasteiger charge is -2.19. The summed E-state index contributed by atoms with van der Waals surface area (Å²) in [6, 6.07) is 6.36. The van der Waals surface area contributed by atoms with E-state index in [2.05, 4.69) is 5.32 Å². The third-order valence-electron chi connectivity index (χ3n) is 1.91. The van der Waals surface area contributed by atoms with E-state index in [1.54, 1.807) is 18.2 Å². The first-order valence-electron chi connectivity index (χ1n) is 4.54. The second-order valence-electron chi connectivity index (χ2n) is 3.15. The van der Waals surface area contributed by atoms with Gasteiger partial charge in [0.2, 0.25) is 3.79 Å². The van der Waals surface area contributed by atoms with Gasteiger partial charge in [-0.1, -0.05) is 40.9 Å². The Morgan fingerprint density at radius 2 is 2.12 bits per heavy atom. The van der Waals surface area contributed by atoms with Gasteiger partial charge in [0.25, 0.3) is 5.91 Å². The summed E-state index contributed by atoms with van der Waals surface area (Å²) in [4.78, 5) is 11.7. The SMILES string of the molecule is COc1cccc(C(=O)N[C@H](O)C(Cl)(Cl)Cl)c1. The quantitative estimate of drug-likeness (QED) is 0.664. The monoisotopic (exact) mass is 297 g/mol. The standard InChI is InChI=1S/C10H10Cl3NO3/c1-17-7-4-2-3-6(5-7)8(15)14-9(16)10(11,12)13/h2-5,9,16H,1H3,(H,14,15)/t9-/m1/s1. The number of carbonyl (C=O) groups is 1. The number of halogens is 3. The number of alkyl halides is 3. The van der Waals surface area contributed by atoms with Gasteiger partial charge in [0.05, 0.1) is 7.11 Å². The zero-order valence-corrected chi connectivity index (χ0v) is 11.1. The Labute approximate surface area is 113 Å². The fourth-order valence-corrected chi connectivity index (χ4v) is 1.22. The predicted molar refractivity (Wildman–Crippen MR) is 66.8 cm³/mol. The van der Waals surface area contributed by atoms with Gasteiger partial charge >= 0.3 is 0 Å². The second kappa shape index (κ2) is 5.78. The number of ether oxygens (including phenoxy) is 1. The van der Waals surface area contributed by atoms with Gasteiger partial charge in [-0.05, 0) is 18.2 Å². The lowest BCUT2D eigenvalue weighted by molar-refractivity contribution is 0.0791. The Bertz CT molecular complexity index is 406. The molecule has 2 N–H and O–H groups in total. The van der Waals surface area contributed by atoms with Crippen LogP contribution in [0.1, 0.15) is 10.4 Å². The predicted octanol–water partition coefficient (Wildman–Crippen LogP) is 2.11. The van der Waals surface area contributed by atoms with Gasteiger partial charge in [-0.15, -0.1) is 0 Å². The van der Waals surface area contributed by atoms with Crippen molar-refractivity contribution in [2.24, 2.45) is 0 Å². The largest absolute Gasteiger partial charge is 0.497 e. The summed E-state index contributed by atoms with van der Waals surface area (Å²) in [5.41, 5.74) is 0.289. The number of nitrogens with one attached hydrogen (secondary N) is 1. The minimum Gasteiger partial charge on any atom is -0.497 e. The Kier molecular flexibility index (Phi) is 4.89. The molecule has 0 saturated heterocycles. The zero-order chi connectivity index (χ0) is 13.1. The van der Waals surface area contributed by atoms with Gasteiger partial charge in [-0.3, -0.25) is 4.79 Å². The highest BCUT2D eigenvalue weighted by molar-refractivity contribution is 6.68. The molecule has 0 bridgehead atoms. The average Bonchev–Trinajstić information content (AvgIpc) is 2.27. The van der Waals surface area contributed by atoms with Crippen LogP contribution in [0.25, 0.3) is 0 Å². The van der Waals surface area contributed by atoms with Crippen LogP contribution in [0.4, 0.5) is 0 Å². The molecule has 1 aromatic carbocycles. The molecule has 0 unspecified atom stereocenters. The molecular weight excluding hydrogens is 288 g/mol. The molecule has 0 aliphatic heterocycles. The molecule has 1 rings (SSSR count). The highest BCUT2D eigenvalue weighted by atomic mass is 35.6. The summed E-state index contributed by atoms with van der Waals surface area (Å²) in [6.45, 7) is 0. The van der Waals surface area contributed by atoms with Crippen LogP contribution in [0, 0.1) is 0 Å². The van der Waals surface area contributed by atoms with E-state index in [1.165, 1.54) is 13.2 Å². The molecule has 0 heterocycles. The summed E-state index contributed by atoms with van der Waals surface area (Å²) >= 11 is 16.2. The van der Waals surface area contributed by atoms with E-state index in [9.17, 15) is 9.90 Å². The van der Waals surface area contributed by atoms with E-state index >= 15 is 0 Å². The highest BCUT2D eigenvalue weighted by Gasteiger charge is 2.32. The number of hydrogen-bond acceptors (Lipinski definition) is 3. The molecule has 0 aromatic heterocycles. The van der Waals surface area contributed by atoms with Crippen molar-refractivity contribution in [3.63, 3.8) is 0 Å². The minimum absolute atomic E-state index is 0.289. The van der Waals surface area contributed by atoms with Crippen molar-refractivity contribution in [3.05, 3.63) is 29.8 Å². The summed E-state index contributed by atoms with van der Waals surface area (Å²) in [5, 5.41) is 11.5. The zero-order valence-electron chi connectivity index (χ0n) is 8.78.